The number of amides is 1. The van der Waals surface area contributed by atoms with Crippen LogP contribution in [0.4, 0.5) is 0 Å². The minimum atomic E-state index is -0.0453. The van der Waals surface area contributed by atoms with E-state index in [0.29, 0.717) is 24.7 Å². The maximum atomic E-state index is 12.1. The maximum absolute atomic E-state index is 12.1. The Balaban J connectivity index is 1.89. The van der Waals surface area contributed by atoms with Crippen LogP contribution in [0.1, 0.15) is 35.3 Å². The lowest BCUT2D eigenvalue weighted by Crippen LogP contribution is -2.44. The predicted molar refractivity (Wildman–Crippen MR) is 74.7 cm³/mol. The zero-order chi connectivity index (χ0) is 13.7. The summed E-state index contributed by atoms with van der Waals surface area (Å²) in [5, 5.41) is 3.00. The van der Waals surface area contributed by atoms with Crippen LogP contribution in [0.2, 0.25) is 0 Å². The molecule has 5 heteroatoms. The smallest absolute Gasteiger partial charge is 0.251 e. The van der Waals surface area contributed by atoms with E-state index < -0.39 is 0 Å². The first kappa shape index (κ1) is 14.0. The van der Waals surface area contributed by atoms with Crippen LogP contribution in [0, 0.1) is 0 Å². The number of pyridine rings is 1. The van der Waals surface area contributed by atoms with Crippen LogP contribution in [0.25, 0.3) is 0 Å². The third kappa shape index (κ3) is 3.75. The molecule has 0 spiro atoms. The molecule has 0 aliphatic carbocycles. The molecule has 1 aliphatic rings. The Morgan fingerprint density at radius 2 is 2.42 bits per heavy atom. The molecule has 5 nitrogen and oxygen atoms in total. The summed E-state index contributed by atoms with van der Waals surface area (Å²) in [7, 11) is 2.12. The Morgan fingerprint density at radius 1 is 1.58 bits per heavy atom. The summed E-state index contributed by atoms with van der Waals surface area (Å²) in [6.07, 6.45) is 5.29. The van der Waals surface area contributed by atoms with E-state index in [4.69, 9.17) is 5.73 Å². The molecule has 19 heavy (non-hydrogen) atoms. The van der Waals surface area contributed by atoms with E-state index >= 15 is 0 Å². The predicted octanol–water partition coefficient (Wildman–Crippen LogP) is 0.754. The van der Waals surface area contributed by atoms with Crippen molar-refractivity contribution in [3.8, 4) is 0 Å². The molecular formula is C14H22N4O. The Morgan fingerprint density at radius 3 is 3.16 bits per heavy atom. The lowest BCUT2D eigenvalue weighted by Gasteiger charge is -2.32. The number of hydrogen-bond donors (Lipinski definition) is 2. The van der Waals surface area contributed by atoms with Crippen molar-refractivity contribution in [2.45, 2.75) is 31.8 Å². The van der Waals surface area contributed by atoms with Crippen molar-refractivity contribution in [3.05, 3.63) is 29.6 Å². The summed E-state index contributed by atoms with van der Waals surface area (Å²) < 4.78 is 0. The molecule has 2 heterocycles. The van der Waals surface area contributed by atoms with Gasteiger partial charge in [0.25, 0.3) is 5.91 Å². The topological polar surface area (TPSA) is 71.2 Å². The molecule has 1 fully saturated rings. The fraction of sp³-hybridized carbons (Fsp3) is 0.571. The molecule has 0 aromatic carbocycles. The summed E-state index contributed by atoms with van der Waals surface area (Å²) in [6, 6.07) is 3.92. The number of piperidine rings is 1. The van der Waals surface area contributed by atoms with E-state index in [1.165, 1.54) is 12.8 Å². The highest BCUT2D eigenvalue weighted by Crippen LogP contribution is 2.14. The zero-order valence-electron chi connectivity index (χ0n) is 11.4. The quantitative estimate of drug-likeness (QED) is 0.840. The lowest BCUT2D eigenvalue weighted by molar-refractivity contribution is 0.0928. The largest absolute Gasteiger partial charge is 0.350 e. The van der Waals surface area contributed by atoms with Crippen molar-refractivity contribution < 1.29 is 4.79 Å². The van der Waals surface area contributed by atoms with Gasteiger partial charge in [-0.15, -0.1) is 0 Å². The first-order valence-electron chi connectivity index (χ1n) is 6.84. The molecule has 0 bridgehead atoms. The highest BCUT2D eigenvalue weighted by Gasteiger charge is 2.19. The van der Waals surface area contributed by atoms with Crippen molar-refractivity contribution in [2.75, 3.05) is 20.1 Å². The van der Waals surface area contributed by atoms with Gasteiger partial charge in [-0.2, -0.15) is 0 Å². The summed E-state index contributed by atoms with van der Waals surface area (Å²) >= 11 is 0. The number of carbonyl (C=O) groups is 1. The third-order valence-corrected chi connectivity index (χ3v) is 3.71. The minimum absolute atomic E-state index is 0.0453. The number of nitrogens with zero attached hydrogens (tertiary/aromatic N) is 2. The second-order valence-electron chi connectivity index (χ2n) is 5.08. The summed E-state index contributed by atoms with van der Waals surface area (Å²) in [6.45, 7) is 2.18. The molecule has 1 aliphatic heterocycles. The van der Waals surface area contributed by atoms with E-state index in [-0.39, 0.29) is 5.91 Å². The van der Waals surface area contributed by atoms with Gasteiger partial charge in [-0.25, -0.2) is 0 Å². The molecule has 0 radical (unpaired) electrons. The minimum Gasteiger partial charge on any atom is -0.350 e. The van der Waals surface area contributed by atoms with E-state index in [1.807, 2.05) is 0 Å². The van der Waals surface area contributed by atoms with E-state index in [2.05, 4.69) is 22.2 Å². The molecule has 1 amide bonds. The first-order valence-corrected chi connectivity index (χ1v) is 6.84. The van der Waals surface area contributed by atoms with Gasteiger partial charge < -0.3 is 16.0 Å². The van der Waals surface area contributed by atoms with E-state index in [9.17, 15) is 4.79 Å². The van der Waals surface area contributed by atoms with Crippen molar-refractivity contribution in [1.29, 1.82) is 0 Å². The number of aromatic nitrogens is 1. The van der Waals surface area contributed by atoms with Crippen LogP contribution in [0.5, 0.6) is 0 Å². The molecule has 1 aromatic heterocycles. The molecule has 104 valence electrons. The van der Waals surface area contributed by atoms with E-state index in [0.717, 1.165) is 18.7 Å². The Kier molecular flexibility index (Phi) is 4.87. The highest BCUT2D eigenvalue weighted by molar-refractivity contribution is 5.94. The Labute approximate surface area is 114 Å². The van der Waals surface area contributed by atoms with Crippen LogP contribution in [-0.2, 0) is 6.54 Å². The summed E-state index contributed by atoms with van der Waals surface area (Å²) in [5.41, 5.74) is 6.90. The molecule has 1 saturated heterocycles. The van der Waals surface area contributed by atoms with Gasteiger partial charge in [0, 0.05) is 30.9 Å². The second kappa shape index (κ2) is 6.63. The van der Waals surface area contributed by atoms with Gasteiger partial charge in [0.05, 0.1) is 5.69 Å². The monoisotopic (exact) mass is 262 g/mol. The van der Waals surface area contributed by atoms with Crippen molar-refractivity contribution >= 4 is 5.91 Å². The number of likely N-dealkylation sites (N-methyl/N-ethyl adjacent to an activating group) is 1. The molecule has 1 atom stereocenters. The SMILES string of the molecule is CN1CCCCC1CNC(=O)c1ccnc(CN)c1. The average Bonchev–Trinajstić information content (AvgIpc) is 2.46. The van der Waals surface area contributed by atoms with Crippen LogP contribution in [-0.4, -0.2) is 42.0 Å². The molecule has 1 unspecified atom stereocenters. The van der Waals surface area contributed by atoms with Gasteiger partial charge in [0.2, 0.25) is 0 Å². The summed E-state index contributed by atoms with van der Waals surface area (Å²) in [4.78, 5) is 18.5. The maximum Gasteiger partial charge on any atom is 0.251 e. The fourth-order valence-corrected chi connectivity index (χ4v) is 2.45. The van der Waals surface area contributed by atoms with Crippen LogP contribution < -0.4 is 11.1 Å². The summed E-state index contributed by atoms with van der Waals surface area (Å²) in [5.74, 6) is -0.0453. The van der Waals surface area contributed by atoms with Crippen molar-refractivity contribution in [3.63, 3.8) is 0 Å². The molecule has 0 saturated carbocycles. The molecule has 2 rings (SSSR count). The molecule has 1 aromatic rings. The fourth-order valence-electron chi connectivity index (χ4n) is 2.45. The normalized spacial score (nSPS) is 20.2. The number of nitrogens with one attached hydrogen (secondary N) is 1. The first-order chi connectivity index (χ1) is 9.20. The molecule has 3 N–H and O–H groups in total. The van der Waals surface area contributed by atoms with Gasteiger partial charge in [0.15, 0.2) is 0 Å². The van der Waals surface area contributed by atoms with Gasteiger partial charge in [-0.1, -0.05) is 6.42 Å². The van der Waals surface area contributed by atoms with Crippen LogP contribution in [0.15, 0.2) is 18.3 Å². The standard InChI is InChI=1S/C14H22N4O/c1-18-7-3-2-4-13(18)10-17-14(19)11-5-6-16-12(8-11)9-15/h5-6,8,13H,2-4,7,9-10,15H2,1H3,(H,17,19). The van der Waals surface area contributed by atoms with Gasteiger partial charge in [-0.05, 0) is 38.6 Å². The number of hydrogen-bond acceptors (Lipinski definition) is 4. The second-order valence-corrected chi connectivity index (χ2v) is 5.08. The van der Waals surface area contributed by atoms with E-state index in [1.54, 1.807) is 18.3 Å². The van der Waals surface area contributed by atoms with Gasteiger partial charge in [-0.3, -0.25) is 9.78 Å². The Bertz CT molecular complexity index is 435. The molecular weight excluding hydrogens is 240 g/mol. The number of nitrogens with two attached hydrogens (primary N) is 1. The average molecular weight is 262 g/mol. The third-order valence-electron chi connectivity index (χ3n) is 3.71. The van der Waals surface area contributed by atoms with Crippen molar-refractivity contribution in [2.24, 2.45) is 5.73 Å². The zero-order valence-corrected chi connectivity index (χ0v) is 11.4. The van der Waals surface area contributed by atoms with Crippen molar-refractivity contribution in [1.82, 2.24) is 15.2 Å². The number of rotatable bonds is 4. The van der Waals surface area contributed by atoms with Crippen LogP contribution >= 0.6 is 0 Å². The number of likely N-dealkylation sites (tertiary alicyclic amines) is 1. The van der Waals surface area contributed by atoms with Crippen LogP contribution in [0.3, 0.4) is 0 Å². The lowest BCUT2D eigenvalue weighted by atomic mass is 10.0. The highest BCUT2D eigenvalue weighted by atomic mass is 16.1. The Hall–Kier alpha value is -1.46. The number of carbonyl (C=O) groups excluding carboxylic acids is 1. The van der Waals surface area contributed by atoms with Gasteiger partial charge in [0.1, 0.15) is 0 Å². The van der Waals surface area contributed by atoms with Gasteiger partial charge >= 0.3 is 0 Å².